The Kier molecular flexibility index (Phi) is 32.1. The molecule has 0 aliphatic carbocycles. The first-order chi connectivity index (χ1) is 5.60. The molecule has 6 heteroatoms. The summed E-state index contributed by atoms with van der Waals surface area (Å²) in [7, 11) is 0. The number of hydrogen-bond donors (Lipinski definition) is 4. The molecular formula is C6H16N2O4. The average molecular weight is 180 g/mol. The molecule has 0 saturated heterocycles. The summed E-state index contributed by atoms with van der Waals surface area (Å²) in [5.74, 6) is 0. The summed E-state index contributed by atoms with van der Waals surface area (Å²) in [4.78, 5) is 16.7. The Bertz CT molecular complexity index is 81.6. The Morgan fingerprint density at radius 2 is 1.50 bits per heavy atom. The molecule has 0 spiro atoms. The number of hydrogen-bond acceptors (Lipinski definition) is 4. The summed E-state index contributed by atoms with van der Waals surface area (Å²) in [6, 6.07) is 0. The standard InChI is InChI=1S/C4H12N2.2CH2O2/c1-2-3-4(5)6;2*2-1-3/h4H,2-3,5-6H2,1H3;2*1H,(H,2,3). The smallest absolute Gasteiger partial charge is 0.290 e. The molecule has 6 nitrogen and oxygen atoms in total. The summed E-state index contributed by atoms with van der Waals surface area (Å²) in [6.07, 6.45) is 1.91. The van der Waals surface area contributed by atoms with Crippen molar-refractivity contribution in [2.45, 2.75) is 25.9 Å². The topological polar surface area (TPSA) is 127 Å². The fraction of sp³-hybridized carbons (Fsp3) is 0.667. The van der Waals surface area contributed by atoms with Gasteiger partial charge in [-0.15, -0.1) is 0 Å². The highest BCUT2D eigenvalue weighted by molar-refractivity contribution is 5.32. The Hall–Kier alpha value is -1.14. The van der Waals surface area contributed by atoms with Crippen molar-refractivity contribution >= 4 is 12.9 Å². The lowest BCUT2D eigenvalue weighted by atomic mass is 10.3. The zero-order valence-corrected chi connectivity index (χ0v) is 7.01. The molecule has 0 heterocycles. The first-order valence-electron chi connectivity index (χ1n) is 3.27. The van der Waals surface area contributed by atoms with E-state index in [1.165, 1.54) is 0 Å². The van der Waals surface area contributed by atoms with Gasteiger partial charge in [0.25, 0.3) is 12.9 Å². The molecule has 0 aliphatic heterocycles. The largest absolute Gasteiger partial charge is 0.483 e. The molecule has 0 aromatic heterocycles. The van der Waals surface area contributed by atoms with Crippen molar-refractivity contribution in [2.24, 2.45) is 11.5 Å². The highest BCUT2D eigenvalue weighted by Gasteiger charge is 1.85. The van der Waals surface area contributed by atoms with E-state index in [4.69, 9.17) is 31.3 Å². The molecule has 0 rings (SSSR count). The van der Waals surface area contributed by atoms with Crippen LogP contribution in [0.4, 0.5) is 0 Å². The zero-order valence-electron chi connectivity index (χ0n) is 7.01. The third-order valence-electron chi connectivity index (χ3n) is 0.622. The van der Waals surface area contributed by atoms with Crippen molar-refractivity contribution in [1.29, 1.82) is 0 Å². The van der Waals surface area contributed by atoms with E-state index in [9.17, 15) is 0 Å². The highest BCUT2D eigenvalue weighted by atomic mass is 16.3. The van der Waals surface area contributed by atoms with Crippen LogP contribution >= 0.6 is 0 Å². The SMILES string of the molecule is CCCC(N)N.O=CO.O=CO. The first-order valence-corrected chi connectivity index (χ1v) is 3.27. The van der Waals surface area contributed by atoms with Crippen LogP contribution in [0.2, 0.25) is 0 Å². The molecule has 0 radical (unpaired) electrons. The second kappa shape index (κ2) is 22.5. The van der Waals surface area contributed by atoms with Crippen molar-refractivity contribution in [1.82, 2.24) is 0 Å². The lowest BCUT2D eigenvalue weighted by molar-refractivity contribution is -0.123. The first kappa shape index (κ1) is 17.1. The van der Waals surface area contributed by atoms with Gasteiger partial charge in [-0.3, -0.25) is 9.59 Å². The lowest BCUT2D eigenvalue weighted by Gasteiger charge is -1.97. The maximum Gasteiger partial charge on any atom is 0.290 e. The van der Waals surface area contributed by atoms with Gasteiger partial charge in [0.05, 0.1) is 6.17 Å². The lowest BCUT2D eigenvalue weighted by Crippen LogP contribution is -2.29. The average Bonchev–Trinajstić information content (AvgIpc) is 1.89. The van der Waals surface area contributed by atoms with Crippen molar-refractivity contribution < 1.29 is 19.8 Å². The molecule has 0 saturated carbocycles. The van der Waals surface area contributed by atoms with E-state index >= 15 is 0 Å². The molecule has 0 aromatic carbocycles. The number of rotatable bonds is 2. The monoisotopic (exact) mass is 180 g/mol. The minimum atomic E-state index is -0.250. The van der Waals surface area contributed by atoms with Crippen LogP contribution in [-0.2, 0) is 9.59 Å². The molecular weight excluding hydrogens is 164 g/mol. The third kappa shape index (κ3) is 158. The molecule has 0 bridgehead atoms. The highest BCUT2D eigenvalue weighted by Crippen LogP contribution is 1.82. The van der Waals surface area contributed by atoms with Gasteiger partial charge < -0.3 is 21.7 Å². The fourth-order valence-electron chi connectivity index (χ4n) is 0.333. The van der Waals surface area contributed by atoms with E-state index in [-0.39, 0.29) is 19.1 Å². The van der Waals surface area contributed by atoms with Crippen LogP contribution in [0.3, 0.4) is 0 Å². The minimum absolute atomic E-state index is 0.102. The third-order valence-corrected chi connectivity index (χ3v) is 0.622. The maximum atomic E-state index is 8.36. The number of carbonyl (C=O) groups is 2. The van der Waals surface area contributed by atoms with E-state index < -0.39 is 0 Å². The summed E-state index contributed by atoms with van der Waals surface area (Å²) >= 11 is 0. The molecule has 0 fully saturated rings. The van der Waals surface area contributed by atoms with E-state index in [0.29, 0.717) is 0 Å². The molecule has 0 aliphatic rings. The molecule has 0 aromatic rings. The Morgan fingerprint density at radius 1 is 1.25 bits per heavy atom. The fourth-order valence-corrected chi connectivity index (χ4v) is 0.333. The van der Waals surface area contributed by atoms with Gasteiger partial charge in [-0.25, -0.2) is 0 Å². The second-order valence-electron chi connectivity index (χ2n) is 1.66. The molecule has 0 amide bonds. The van der Waals surface area contributed by atoms with Crippen molar-refractivity contribution in [2.75, 3.05) is 0 Å². The van der Waals surface area contributed by atoms with Gasteiger partial charge in [0.15, 0.2) is 0 Å². The van der Waals surface area contributed by atoms with Crippen LogP contribution < -0.4 is 11.5 Å². The van der Waals surface area contributed by atoms with E-state index in [0.717, 1.165) is 12.8 Å². The number of carboxylic acid groups (broad SMARTS) is 2. The second-order valence-corrected chi connectivity index (χ2v) is 1.66. The number of nitrogens with two attached hydrogens (primary N) is 2. The van der Waals surface area contributed by atoms with Gasteiger partial charge in [-0.1, -0.05) is 13.3 Å². The van der Waals surface area contributed by atoms with Gasteiger partial charge >= 0.3 is 0 Å². The Balaban J connectivity index is -0.000000115. The van der Waals surface area contributed by atoms with Gasteiger partial charge in [0, 0.05) is 0 Å². The Labute approximate surface area is 71.2 Å². The molecule has 6 N–H and O–H groups in total. The normalized spacial score (nSPS) is 7.00. The summed E-state index contributed by atoms with van der Waals surface area (Å²) in [5.41, 5.74) is 10.4. The summed E-state index contributed by atoms with van der Waals surface area (Å²) < 4.78 is 0. The van der Waals surface area contributed by atoms with Crippen LogP contribution in [-0.4, -0.2) is 29.3 Å². The van der Waals surface area contributed by atoms with Crippen LogP contribution in [0, 0.1) is 0 Å². The Morgan fingerprint density at radius 3 is 1.50 bits per heavy atom. The van der Waals surface area contributed by atoms with Crippen LogP contribution in [0.15, 0.2) is 0 Å². The molecule has 74 valence electrons. The van der Waals surface area contributed by atoms with E-state index in [1.54, 1.807) is 0 Å². The quantitative estimate of drug-likeness (QED) is 0.333. The predicted molar refractivity (Wildman–Crippen MR) is 44.5 cm³/mol. The van der Waals surface area contributed by atoms with Gasteiger partial charge in [0.1, 0.15) is 0 Å². The summed E-state index contributed by atoms with van der Waals surface area (Å²) in [6.45, 7) is 1.56. The van der Waals surface area contributed by atoms with Crippen LogP contribution in [0.25, 0.3) is 0 Å². The zero-order chi connectivity index (χ0) is 10.4. The predicted octanol–water partition coefficient (Wildman–Crippen LogP) is -0.568. The van der Waals surface area contributed by atoms with Crippen molar-refractivity contribution in [3.8, 4) is 0 Å². The van der Waals surface area contributed by atoms with Crippen LogP contribution in [0.1, 0.15) is 19.8 Å². The maximum absolute atomic E-state index is 8.36. The van der Waals surface area contributed by atoms with E-state index in [1.807, 2.05) is 0 Å². The van der Waals surface area contributed by atoms with Crippen molar-refractivity contribution in [3.05, 3.63) is 0 Å². The van der Waals surface area contributed by atoms with Gasteiger partial charge in [-0.05, 0) is 6.42 Å². The van der Waals surface area contributed by atoms with Gasteiger partial charge in [-0.2, -0.15) is 0 Å². The van der Waals surface area contributed by atoms with Gasteiger partial charge in [0.2, 0.25) is 0 Å². The minimum Gasteiger partial charge on any atom is -0.483 e. The van der Waals surface area contributed by atoms with Crippen molar-refractivity contribution in [3.63, 3.8) is 0 Å². The van der Waals surface area contributed by atoms with Crippen LogP contribution in [0.5, 0.6) is 0 Å². The molecule has 0 atom stereocenters. The molecule has 12 heavy (non-hydrogen) atoms. The molecule has 0 unspecified atom stereocenters. The summed E-state index contributed by atoms with van der Waals surface area (Å²) in [5, 5.41) is 13.8. The van der Waals surface area contributed by atoms with E-state index in [2.05, 4.69) is 6.92 Å².